The summed E-state index contributed by atoms with van der Waals surface area (Å²) in [5, 5.41) is 23.4. The summed E-state index contributed by atoms with van der Waals surface area (Å²) < 4.78 is 16.4. The van der Waals surface area contributed by atoms with Gasteiger partial charge in [0, 0.05) is 11.1 Å². The van der Waals surface area contributed by atoms with Crippen molar-refractivity contribution >= 4 is 16.5 Å². The van der Waals surface area contributed by atoms with Gasteiger partial charge in [-0.2, -0.15) is 5.26 Å². The van der Waals surface area contributed by atoms with Crippen molar-refractivity contribution in [3.05, 3.63) is 81.2 Å². The van der Waals surface area contributed by atoms with Gasteiger partial charge >= 0.3 is 0 Å². The molecule has 0 amide bonds. The number of nitrogens with zero attached hydrogens (tertiary/aromatic N) is 2. The molecule has 0 aromatic heterocycles. The Hall–Kier alpha value is -4.25. The summed E-state index contributed by atoms with van der Waals surface area (Å²) in [6.45, 7) is -0.0215. The molecule has 3 aromatic carbocycles. The molecule has 5 rings (SSSR count). The molecule has 8 heteroatoms. The van der Waals surface area contributed by atoms with Crippen LogP contribution in [0, 0.1) is 21.4 Å². The molecule has 2 aliphatic rings. The van der Waals surface area contributed by atoms with Crippen molar-refractivity contribution in [2.24, 2.45) is 5.73 Å². The molecule has 142 valence electrons. The van der Waals surface area contributed by atoms with Crippen LogP contribution in [0.1, 0.15) is 17.0 Å². The zero-order chi connectivity index (χ0) is 20.1. The molecule has 0 fully saturated rings. The molecule has 0 radical (unpaired) electrons. The predicted molar refractivity (Wildman–Crippen MR) is 102 cm³/mol. The fraction of sp³-hybridized carbons (Fsp3) is 0.0952. The second-order valence-corrected chi connectivity index (χ2v) is 6.64. The number of hydrogen-bond acceptors (Lipinski definition) is 7. The number of nitriles is 1. The Balaban J connectivity index is 1.87. The van der Waals surface area contributed by atoms with Gasteiger partial charge in [-0.3, -0.25) is 10.1 Å². The van der Waals surface area contributed by atoms with E-state index in [4.69, 9.17) is 19.9 Å². The number of nitro groups is 1. The standard InChI is InChI=1S/C21H13N3O5/c22-9-14-19(13-7-17-18(28-10-27-17)8-15(13)24(25)26)20-12-4-2-1-3-11(12)5-6-16(20)29-21(14)23/h1-8,19H,10,23H2/t19-/m1/s1. The molecule has 0 saturated heterocycles. The van der Waals surface area contributed by atoms with Gasteiger partial charge in [-0.1, -0.05) is 30.3 Å². The van der Waals surface area contributed by atoms with Crippen LogP contribution in [-0.2, 0) is 0 Å². The minimum absolute atomic E-state index is 0.0215. The van der Waals surface area contributed by atoms with E-state index in [0.717, 1.165) is 10.8 Å². The Bertz CT molecular complexity index is 1280. The topological polar surface area (TPSA) is 121 Å². The molecule has 3 aromatic rings. The first-order valence-corrected chi connectivity index (χ1v) is 8.75. The van der Waals surface area contributed by atoms with Gasteiger partial charge < -0.3 is 19.9 Å². The summed E-state index contributed by atoms with van der Waals surface area (Å²) in [7, 11) is 0. The molecule has 0 aliphatic carbocycles. The van der Waals surface area contributed by atoms with E-state index in [2.05, 4.69) is 6.07 Å². The summed E-state index contributed by atoms with van der Waals surface area (Å²) in [6.07, 6.45) is 0. The van der Waals surface area contributed by atoms with Crippen molar-refractivity contribution in [2.45, 2.75) is 5.92 Å². The molecule has 1 atom stereocenters. The smallest absolute Gasteiger partial charge is 0.277 e. The van der Waals surface area contributed by atoms with Gasteiger partial charge in [0.25, 0.3) is 5.69 Å². The first kappa shape index (κ1) is 16.9. The van der Waals surface area contributed by atoms with Crippen molar-refractivity contribution < 1.29 is 19.1 Å². The van der Waals surface area contributed by atoms with Crippen LogP contribution in [0.4, 0.5) is 5.69 Å². The van der Waals surface area contributed by atoms with Gasteiger partial charge in [0.1, 0.15) is 17.4 Å². The first-order valence-electron chi connectivity index (χ1n) is 8.75. The monoisotopic (exact) mass is 387 g/mol. The number of ether oxygens (including phenoxy) is 3. The van der Waals surface area contributed by atoms with Crippen molar-refractivity contribution in [2.75, 3.05) is 6.79 Å². The van der Waals surface area contributed by atoms with Gasteiger partial charge in [-0.05, 0) is 22.9 Å². The largest absolute Gasteiger partial charge is 0.454 e. The van der Waals surface area contributed by atoms with E-state index in [9.17, 15) is 15.4 Å². The number of rotatable bonds is 2. The minimum Gasteiger partial charge on any atom is -0.454 e. The van der Waals surface area contributed by atoms with E-state index in [-0.39, 0.29) is 23.9 Å². The van der Waals surface area contributed by atoms with Crippen LogP contribution in [0.15, 0.2) is 60.0 Å². The van der Waals surface area contributed by atoms with Crippen LogP contribution in [0.3, 0.4) is 0 Å². The molecule has 0 saturated carbocycles. The van der Waals surface area contributed by atoms with E-state index in [1.165, 1.54) is 6.07 Å². The third-order valence-electron chi connectivity index (χ3n) is 5.14. The van der Waals surface area contributed by atoms with Gasteiger partial charge in [0.2, 0.25) is 12.7 Å². The molecule has 0 bridgehead atoms. The van der Waals surface area contributed by atoms with Crippen molar-refractivity contribution in [1.29, 1.82) is 5.26 Å². The number of hydrogen-bond donors (Lipinski definition) is 1. The summed E-state index contributed by atoms with van der Waals surface area (Å²) in [5.41, 5.74) is 6.89. The van der Waals surface area contributed by atoms with E-state index >= 15 is 0 Å². The number of fused-ring (bicyclic) bond motifs is 4. The average molecular weight is 387 g/mol. The molecule has 0 unspecified atom stereocenters. The summed E-state index contributed by atoms with van der Waals surface area (Å²) in [5.74, 6) is 0.269. The highest BCUT2D eigenvalue weighted by atomic mass is 16.7. The number of nitro benzene ring substituents is 1. The molecule has 2 heterocycles. The van der Waals surface area contributed by atoms with Crippen molar-refractivity contribution in [3.8, 4) is 23.3 Å². The summed E-state index contributed by atoms with van der Waals surface area (Å²) >= 11 is 0. The Morgan fingerprint density at radius 3 is 2.62 bits per heavy atom. The predicted octanol–water partition coefficient (Wildman–Crippen LogP) is 3.69. The van der Waals surface area contributed by atoms with E-state index < -0.39 is 10.8 Å². The Labute approximate surface area is 164 Å². The molecule has 0 spiro atoms. The maximum atomic E-state index is 11.9. The molecule has 2 N–H and O–H groups in total. The number of benzene rings is 3. The van der Waals surface area contributed by atoms with Gasteiger partial charge in [0.05, 0.1) is 16.9 Å². The Morgan fingerprint density at radius 1 is 1.10 bits per heavy atom. The summed E-state index contributed by atoms with van der Waals surface area (Å²) in [6, 6.07) is 16.2. The van der Waals surface area contributed by atoms with Crippen LogP contribution in [0.25, 0.3) is 10.8 Å². The lowest BCUT2D eigenvalue weighted by Crippen LogP contribution is -2.22. The third kappa shape index (κ3) is 2.45. The van der Waals surface area contributed by atoms with Gasteiger partial charge in [-0.15, -0.1) is 0 Å². The highest BCUT2D eigenvalue weighted by Gasteiger charge is 2.37. The van der Waals surface area contributed by atoms with Crippen molar-refractivity contribution in [3.63, 3.8) is 0 Å². The SMILES string of the molecule is N#CC1=C(N)Oc2ccc3ccccc3c2[C@@H]1c1cc2c(cc1[N+](=O)[O-])OCO2. The number of allylic oxidation sites excluding steroid dienone is 1. The van der Waals surface area contributed by atoms with E-state index in [1.807, 2.05) is 30.3 Å². The first-order chi connectivity index (χ1) is 14.1. The van der Waals surface area contributed by atoms with Gasteiger partial charge in [0.15, 0.2) is 11.5 Å². The molecule has 8 nitrogen and oxygen atoms in total. The van der Waals surface area contributed by atoms with Gasteiger partial charge in [-0.25, -0.2) is 0 Å². The maximum absolute atomic E-state index is 11.9. The zero-order valence-corrected chi connectivity index (χ0v) is 14.9. The van der Waals surface area contributed by atoms with Crippen LogP contribution in [0.2, 0.25) is 0 Å². The van der Waals surface area contributed by atoms with Crippen LogP contribution < -0.4 is 19.9 Å². The quantitative estimate of drug-likeness (QED) is 0.526. The second kappa shape index (κ2) is 6.14. The average Bonchev–Trinajstić information content (AvgIpc) is 3.19. The molecular weight excluding hydrogens is 374 g/mol. The van der Waals surface area contributed by atoms with Crippen molar-refractivity contribution in [1.82, 2.24) is 0 Å². The normalized spacial score (nSPS) is 16.9. The highest BCUT2D eigenvalue weighted by Crippen LogP contribution is 2.50. The number of nitrogens with two attached hydrogens (primary N) is 1. The molecule has 2 aliphatic heterocycles. The van der Waals surface area contributed by atoms with E-state index in [1.54, 1.807) is 12.1 Å². The Morgan fingerprint density at radius 2 is 1.86 bits per heavy atom. The third-order valence-corrected chi connectivity index (χ3v) is 5.14. The van der Waals surface area contributed by atoms with Crippen LogP contribution in [0.5, 0.6) is 17.2 Å². The molecular formula is C21H13N3O5. The second-order valence-electron chi connectivity index (χ2n) is 6.64. The highest BCUT2D eigenvalue weighted by molar-refractivity contribution is 5.90. The van der Waals surface area contributed by atoms with Crippen LogP contribution >= 0.6 is 0 Å². The Kier molecular flexibility index (Phi) is 3.57. The fourth-order valence-electron chi connectivity index (χ4n) is 3.89. The summed E-state index contributed by atoms with van der Waals surface area (Å²) in [4.78, 5) is 11.4. The minimum atomic E-state index is -0.787. The maximum Gasteiger partial charge on any atom is 0.277 e. The molecule has 29 heavy (non-hydrogen) atoms. The lowest BCUT2D eigenvalue weighted by Gasteiger charge is -2.27. The lowest BCUT2D eigenvalue weighted by molar-refractivity contribution is -0.385. The fourth-order valence-corrected chi connectivity index (χ4v) is 3.89. The van der Waals surface area contributed by atoms with E-state index in [0.29, 0.717) is 28.4 Å². The zero-order valence-electron chi connectivity index (χ0n) is 14.9. The van der Waals surface area contributed by atoms with Crippen LogP contribution in [-0.4, -0.2) is 11.7 Å². The lowest BCUT2D eigenvalue weighted by atomic mass is 9.80.